The summed E-state index contributed by atoms with van der Waals surface area (Å²) in [6.45, 7) is 0.535. The van der Waals surface area contributed by atoms with Crippen molar-refractivity contribution in [2.45, 2.75) is 18.2 Å². The molecule has 0 saturated carbocycles. The fourth-order valence-corrected chi connectivity index (χ4v) is 4.21. The number of hydrogen-bond donors (Lipinski definition) is 1. The highest BCUT2D eigenvalue weighted by atomic mass is 35.5. The van der Waals surface area contributed by atoms with Crippen LogP contribution in [-0.2, 0) is 25.3 Å². The van der Waals surface area contributed by atoms with Crippen LogP contribution in [0.4, 0.5) is 0 Å². The first kappa shape index (κ1) is 16.2. The van der Waals surface area contributed by atoms with Crippen LogP contribution in [0.5, 0.6) is 0 Å². The van der Waals surface area contributed by atoms with Gasteiger partial charge >= 0.3 is 5.97 Å². The molecule has 8 heteroatoms. The topological polar surface area (TPSA) is 83.9 Å². The van der Waals surface area contributed by atoms with Crippen molar-refractivity contribution >= 4 is 27.6 Å². The summed E-state index contributed by atoms with van der Waals surface area (Å²) >= 11 is 5.85. The fraction of sp³-hybridized carbons (Fsp3) is 0.462. The number of halogens is 1. The smallest absolute Gasteiger partial charge is 0.305 e. The Kier molecular flexibility index (Phi) is 5.21. The Morgan fingerprint density at radius 3 is 2.90 bits per heavy atom. The van der Waals surface area contributed by atoms with E-state index < -0.39 is 22.0 Å². The summed E-state index contributed by atoms with van der Waals surface area (Å²) in [5, 5.41) is 9.35. The van der Waals surface area contributed by atoms with Crippen LogP contribution in [0, 0.1) is 0 Å². The van der Waals surface area contributed by atoms with E-state index in [0.717, 1.165) is 0 Å². The molecule has 6 nitrogen and oxygen atoms in total. The number of carboxylic acids is 1. The number of benzene rings is 1. The van der Waals surface area contributed by atoms with Gasteiger partial charge in [0.25, 0.3) is 0 Å². The van der Waals surface area contributed by atoms with E-state index in [1.54, 1.807) is 24.3 Å². The lowest BCUT2D eigenvalue weighted by Crippen LogP contribution is -2.49. The molecule has 0 amide bonds. The fourth-order valence-electron chi connectivity index (χ4n) is 2.29. The van der Waals surface area contributed by atoms with Crippen molar-refractivity contribution in [3.8, 4) is 0 Å². The van der Waals surface area contributed by atoms with Crippen LogP contribution in [0.3, 0.4) is 0 Å². The summed E-state index contributed by atoms with van der Waals surface area (Å²) in [7, 11) is -3.62. The Morgan fingerprint density at radius 2 is 2.24 bits per heavy atom. The first-order chi connectivity index (χ1) is 9.88. The Labute approximate surface area is 128 Å². The number of hydrogen-bond acceptors (Lipinski definition) is 4. The van der Waals surface area contributed by atoms with Crippen LogP contribution in [0.25, 0.3) is 0 Å². The van der Waals surface area contributed by atoms with Crippen molar-refractivity contribution in [2.24, 2.45) is 0 Å². The molecule has 0 aliphatic carbocycles. The second kappa shape index (κ2) is 6.74. The molecule has 1 N–H and O–H groups in total. The molecule has 1 saturated heterocycles. The van der Waals surface area contributed by atoms with Crippen LogP contribution in [0.15, 0.2) is 24.3 Å². The molecule has 1 aliphatic rings. The minimum absolute atomic E-state index is 0.0983. The van der Waals surface area contributed by atoms with Crippen molar-refractivity contribution < 1.29 is 23.1 Å². The van der Waals surface area contributed by atoms with E-state index >= 15 is 0 Å². The van der Waals surface area contributed by atoms with Gasteiger partial charge in [-0.2, -0.15) is 4.31 Å². The number of morpholine rings is 1. The maximum absolute atomic E-state index is 12.5. The molecule has 0 radical (unpaired) electrons. The van der Waals surface area contributed by atoms with Crippen molar-refractivity contribution in [3.63, 3.8) is 0 Å². The van der Waals surface area contributed by atoms with Gasteiger partial charge in [0.15, 0.2) is 0 Å². The zero-order chi connectivity index (χ0) is 15.5. The molecule has 21 heavy (non-hydrogen) atoms. The van der Waals surface area contributed by atoms with Gasteiger partial charge in [0.1, 0.15) is 0 Å². The molecular formula is C13H16ClNO5S. The largest absolute Gasteiger partial charge is 0.481 e. The predicted molar refractivity (Wildman–Crippen MR) is 77.6 cm³/mol. The van der Waals surface area contributed by atoms with Gasteiger partial charge in [-0.15, -0.1) is 0 Å². The van der Waals surface area contributed by atoms with E-state index in [0.29, 0.717) is 10.6 Å². The van der Waals surface area contributed by atoms with Gasteiger partial charge in [0, 0.05) is 11.6 Å². The second-order valence-corrected chi connectivity index (χ2v) is 7.18. The third-order valence-electron chi connectivity index (χ3n) is 3.18. The van der Waals surface area contributed by atoms with Crippen molar-refractivity contribution in [3.05, 3.63) is 34.9 Å². The quantitative estimate of drug-likeness (QED) is 0.879. The lowest BCUT2D eigenvalue weighted by Gasteiger charge is -2.33. The molecule has 116 valence electrons. The zero-order valence-corrected chi connectivity index (χ0v) is 12.8. The molecule has 1 unspecified atom stereocenters. The lowest BCUT2D eigenvalue weighted by molar-refractivity contribution is -0.139. The van der Waals surface area contributed by atoms with Gasteiger partial charge in [-0.1, -0.05) is 23.7 Å². The number of aliphatic carboxylic acids is 1. The van der Waals surface area contributed by atoms with E-state index in [4.69, 9.17) is 21.4 Å². The van der Waals surface area contributed by atoms with Gasteiger partial charge in [0.05, 0.1) is 31.4 Å². The van der Waals surface area contributed by atoms with Crippen LogP contribution >= 0.6 is 11.6 Å². The lowest BCUT2D eigenvalue weighted by atomic mass is 10.2. The SMILES string of the molecule is O=C(O)CC1COCCN1S(=O)(=O)Cc1cccc(Cl)c1. The summed E-state index contributed by atoms with van der Waals surface area (Å²) in [6.07, 6.45) is -0.269. The van der Waals surface area contributed by atoms with Gasteiger partial charge in [-0.05, 0) is 17.7 Å². The number of ether oxygens (including phenoxy) is 1. The summed E-state index contributed by atoms with van der Waals surface area (Å²) in [5.74, 6) is -1.25. The maximum atomic E-state index is 12.5. The standard InChI is InChI=1S/C13H16ClNO5S/c14-11-3-1-2-10(6-11)9-21(18,19)15-4-5-20-8-12(15)7-13(16)17/h1-3,6,12H,4-5,7-9H2,(H,16,17). The Balaban J connectivity index is 2.18. The van der Waals surface area contributed by atoms with Crippen molar-refractivity contribution in [2.75, 3.05) is 19.8 Å². The number of rotatable bonds is 5. The number of sulfonamides is 1. The van der Waals surface area contributed by atoms with Gasteiger partial charge in [-0.3, -0.25) is 4.79 Å². The second-order valence-electron chi connectivity index (χ2n) is 4.82. The summed E-state index contributed by atoms with van der Waals surface area (Å²) < 4.78 is 31.4. The maximum Gasteiger partial charge on any atom is 0.305 e. The third kappa shape index (κ3) is 4.41. The van der Waals surface area contributed by atoms with Crippen LogP contribution in [-0.4, -0.2) is 49.6 Å². The molecule has 2 rings (SSSR count). The third-order valence-corrected chi connectivity index (χ3v) is 5.31. The molecule has 0 bridgehead atoms. The van der Waals surface area contributed by atoms with Crippen molar-refractivity contribution in [1.29, 1.82) is 0 Å². The Morgan fingerprint density at radius 1 is 1.48 bits per heavy atom. The van der Waals surface area contributed by atoms with Crippen molar-refractivity contribution in [1.82, 2.24) is 4.31 Å². The van der Waals surface area contributed by atoms with Gasteiger partial charge < -0.3 is 9.84 Å². The Hall–Kier alpha value is -1.15. The highest BCUT2D eigenvalue weighted by Gasteiger charge is 2.34. The summed E-state index contributed by atoms with van der Waals surface area (Å²) in [4.78, 5) is 10.8. The highest BCUT2D eigenvalue weighted by Crippen LogP contribution is 2.20. The first-order valence-electron chi connectivity index (χ1n) is 6.42. The van der Waals surface area contributed by atoms with Crippen LogP contribution in [0.2, 0.25) is 5.02 Å². The molecule has 1 fully saturated rings. The molecule has 1 heterocycles. The average Bonchev–Trinajstić information content (AvgIpc) is 2.37. The van der Waals surface area contributed by atoms with E-state index in [1.165, 1.54) is 4.31 Å². The van der Waals surface area contributed by atoms with Gasteiger partial charge in [0.2, 0.25) is 10.0 Å². The summed E-state index contributed by atoms with van der Waals surface area (Å²) in [5.41, 5.74) is 0.572. The minimum Gasteiger partial charge on any atom is -0.481 e. The predicted octanol–water partition coefficient (Wildman–Crippen LogP) is 1.35. The van der Waals surface area contributed by atoms with Crippen LogP contribution < -0.4 is 0 Å². The molecule has 1 aromatic carbocycles. The van der Waals surface area contributed by atoms with E-state index in [-0.39, 0.29) is 31.9 Å². The summed E-state index contributed by atoms with van der Waals surface area (Å²) in [6, 6.07) is 5.95. The number of carboxylic acid groups (broad SMARTS) is 1. The molecule has 1 aromatic rings. The minimum atomic E-state index is -3.62. The van der Waals surface area contributed by atoms with Gasteiger partial charge in [-0.25, -0.2) is 8.42 Å². The molecule has 1 atom stereocenters. The molecule has 0 aromatic heterocycles. The number of carbonyl (C=O) groups is 1. The monoisotopic (exact) mass is 333 g/mol. The van der Waals surface area contributed by atoms with E-state index in [1.807, 2.05) is 0 Å². The zero-order valence-electron chi connectivity index (χ0n) is 11.2. The molecule has 0 spiro atoms. The first-order valence-corrected chi connectivity index (χ1v) is 8.41. The molecular weight excluding hydrogens is 318 g/mol. The van der Waals surface area contributed by atoms with E-state index in [2.05, 4.69) is 0 Å². The Bertz CT molecular complexity index is 619. The van der Waals surface area contributed by atoms with Crippen LogP contribution in [0.1, 0.15) is 12.0 Å². The molecule has 1 aliphatic heterocycles. The normalized spacial score (nSPS) is 20.3. The van der Waals surface area contributed by atoms with E-state index in [9.17, 15) is 13.2 Å². The average molecular weight is 334 g/mol. The number of nitrogens with zero attached hydrogens (tertiary/aromatic N) is 1. The highest BCUT2D eigenvalue weighted by molar-refractivity contribution is 7.88.